The van der Waals surface area contributed by atoms with E-state index >= 15 is 0 Å². The van der Waals surface area contributed by atoms with Crippen molar-refractivity contribution < 1.29 is 80.2 Å². The van der Waals surface area contributed by atoms with Crippen LogP contribution in [0.2, 0.25) is 0 Å². The molecule has 0 aliphatic carbocycles. The van der Waals surface area contributed by atoms with E-state index in [1.165, 1.54) is 96.3 Å². The molecule has 0 saturated heterocycles. The Balaban J connectivity index is 5.27. The van der Waals surface area contributed by atoms with Gasteiger partial charge in [0.15, 0.2) is 12.2 Å². The van der Waals surface area contributed by atoms with Crippen molar-refractivity contribution in [2.45, 2.75) is 324 Å². The van der Waals surface area contributed by atoms with Crippen molar-refractivity contribution in [3.8, 4) is 0 Å². The Morgan fingerprint density at radius 1 is 0.337 bits per heavy atom. The van der Waals surface area contributed by atoms with Crippen molar-refractivity contribution in [2.24, 2.45) is 23.7 Å². The van der Waals surface area contributed by atoms with Crippen molar-refractivity contribution in [1.82, 2.24) is 0 Å². The maximum Gasteiger partial charge on any atom is 0.472 e. The Morgan fingerprint density at radius 3 is 0.855 bits per heavy atom. The second kappa shape index (κ2) is 54.2. The van der Waals surface area contributed by atoms with Gasteiger partial charge in [-0.25, -0.2) is 9.13 Å². The summed E-state index contributed by atoms with van der Waals surface area (Å²) in [6.07, 6.45) is 33.5. The Kier molecular flexibility index (Phi) is 53.0. The lowest BCUT2D eigenvalue weighted by molar-refractivity contribution is -0.161. The summed E-state index contributed by atoms with van der Waals surface area (Å²) in [4.78, 5) is 72.2. The fourth-order valence-corrected chi connectivity index (χ4v) is 10.9. The number of rotatable bonds is 61. The van der Waals surface area contributed by atoms with Crippen LogP contribution in [-0.4, -0.2) is 96.7 Å². The van der Waals surface area contributed by atoms with Gasteiger partial charge in [-0.15, -0.1) is 0 Å². The highest BCUT2D eigenvalue weighted by Crippen LogP contribution is 2.45. The first-order valence-electron chi connectivity index (χ1n) is 33.3. The van der Waals surface area contributed by atoms with Gasteiger partial charge < -0.3 is 33.8 Å². The van der Waals surface area contributed by atoms with E-state index in [1.54, 1.807) is 0 Å². The number of esters is 4. The Bertz CT molecular complexity index is 1670. The molecular weight excluding hydrogens is 1100 g/mol. The molecule has 0 saturated carbocycles. The number of aliphatic hydroxyl groups is 1. The normalized spacial score (nSPS) is 15.4. The number of unbranched alkanes of at least 4 members (excludes halogenated alkanes) is 24. The molecule has 0 spiro atoms. The molecule has 0 rings (SSSR count). The average molecular weight is 1230 g/mol. The fourth-order valence-electron chi connectivity index (χ4n) is 9.33. The van der Waals surface area contributed by atoms with Crippen molar-refractivity contribution in [3.63, 3.8) is 0 Å². The molecule has 3 N–H and O–H groups in total. The predicted molar refractivity (Wildman–Crippen MR) is 331 cm³/mol. The van der Waals surface area contributed by atoms with Gasteiger partial charge in [-0.1, -0.05) is 254 Å². The SMILES string of the molecule is CCC(C)CCCCCCCCC(=O)OC[C@H](COP(=O)(O)OC[C@H](O)COP(=O)(O)OC[C@@H](COC(=O)CCCCCCCCC(C)CC)OC(=O)CCCCCCCCC(C)CC)OC(=O)CCCCCCCCCCCCC(C)C. The lowest BCUT2D eigenvalue weighted by Gasteiger charge is -2.21. The van der Waals surface area contributed by atoms with E-state index in [2.05, 4.69) is 55.4 Å². The van der Waals surface area contributed by atoms with Crippen LogP contribution >= 0.6 is 15.6 Å². The molecule has 5 unspecified atom stereocenters. The van der Waals surface area contributed by atoms with Gasteiger partial charge in [0.25, 0.3) is 0 Å². The summed E-state index contributed by atoms with van der Waals surface area (Å²) in [5.74, 6) is 0.791. The smallest absolute Gasteiger partial charge is 0.462 e. The summed E-state index contributed by atoms with van der Waals surface area (Å²) >= 11 is 0. The summed E-state index contributed by atoms with van der Waals surface area (Å²) in [6.45, 7) is 14.0. The first kappa shape index (κ1) is 81.1. The van der Waals surface area contributed by atoms with Crippen LogP contribution in [0.15, 0.2) is 0 Å². The third kappa shape index (κ3) is 55.1. The van der Waals surface area contributed by atoms with Gasteiger partial charge in [-0.05, 0) is 49.4 Å². The molecule has 83 heavy (non-hydrogen) atoms. The summed E-state index contributed by atoms with van der Waals surface area (Å²) in [5.41, 5.74) is 0. The lowest BCUT2D eigenvalue weighted by atomic mass is 10.00. The van der Waals surface area contributed by atoms with Crippen molar-refractivity contribution in [2.75, 3.05) is 39.6 Å². The van der Waals surface area contributed by atoms with E-state index in [4.69, 9.17) is 37.0 Å². The minimum absolute atomic E-state index is 0.101. The summed E-state index contributed by atoms with van der Waals surface area (Å²) in [6, 6.07) is 0. The predicted octanol–water partition coefficient (Wildman–Crippen LogP) is 17.4. The van der Waals surface area contributed by atoms with Crippen LogP contribution in [0.5, 0.6) is 0 Å². The molecule has 0 aromatic heterocycles. The zero-order valence-electron chi connectivity index (χ0n) is 53.8. The maximum atomic E-state index is 13.0. The van der Waals surface area contributed by atoms with Gasteiger partial charge in [0.2, 0.25) is 0 Å². The molecule has 17 nitrogen and oxygen atoms in total. The van der Waals surface area contributed by atoms with Gasteiger partial charge in [-0.2, -0.15) is 0 Å². The number of hydrogen-bond acceptors (Lipinski definition) is 15. The first-order chi connectivity index (χ1) is 39.7. The number of phosphoric ester groups is 2. The first-order valence-corrected chi connectivity index (χ1v) is 36.3. The molecule has 0 bridgehead atoms. The number of aliphatic hydroxyl groups excluding tert-OH is 1. The van der Waals surface area contributed by atoms with Crippen LogP contribution in [0, 0.1) is 23.7 Å². The Hall–Kier alpha value is -1.94. The van der Waals surface area contributed by atoms with Gasteiger partial charge in [-0.3, -0.25) is 37.3 Å². The highest BCUT2D eigenvalue weighted by molar-refractivity contribution is 7.47. The average Bonchev–Trinajstić information content (AvgIpc) is 3.46. The number of carbonyl (C=O) groups is 4. The minimum Gasteiger partial charge on any atom is -0.462 e. The second-order valence-electron chi connectivity index (χ2n) is 24.4. The van der Waals surface area contributed by atoms with E-state index in [1.807, 2.05) is 0 Å². The fraction of sp³-hybridized carbons (Fsp3) is 0.938. The van der Waals surface area contributed by atoms with E-state index in [-0.39, 0.29) is 25.7 Å². The highest BCUT2D eigenvalue weighted by Gasteiger charge is 2.30. The van der Waals surface area contributed by atoms with Crippen LogP contribution in [-0.2, 0) is 65.4 Å². The monoisotopic (exact) mass is 1230 g/mol. The molecule has 0 amide bonds. The van der Waals surface area contributed by atoms with Crippen LogP contribution < -0.4 is 0 Å². The Morgan fingerprint density at radius 2 is 0.578 bits per heavy atom. The van der Waals surface area contributed by atoms with Crippen LogP contribution in [0.25, 0.3) is 0 Å². The number of hydrogen-bond donors (Lipinski definition) is 3. The molecule has 492 valence electrons. The second-order valence-corrected chi connectivity index (χ2v) is 27.3. The topological polar surface area (TPSA) is 237 Å². The number of ether oxygens (including phenoxy) is 4. The van der Waals surface area contributed by atoms with E-state index in [0.717, 1.165) is 126 Å². The van der Waals surface area contributed by atoms with Crippen molar-refractivity contribution in [3.05, 3.63) is 0 Å². The third-order valence-electron chi connectivity index (χ3n) is 15.7. The summed E-state index contributed by atoms with van der Waals surface area (Å²) in [5, 5.41) is 10.5. The van der Waals surface area contributed by atoms with E-state index in [0.29, 0.717) is 25.7 Å². The van der Waals surface area contributed by atoms with Crippen LogP contribution in [0.1, 0.15) is 306 Å². The van der Waals surface area contributed by atoms with Crippen LogP contribution in [0.4, 0.5) is 0 Å². The maximum absolute atomic E-state index is 13.0. The molecule has 8 atom stereocenters. The summed E-state index contributed by atoms with van der Waals surface area (Å²) < 4.78 is 68.0. The Labute approximate surface area is 505 Å². The molecule has 0 heterocycles. The van der Waals surface area contributed by atoms with E-state index in [9.17, 15) is 43.2 Å². The molecule has 0 aliphatic heterocycles. The van der Waals surface area contributed by atoms with E-state index < -0.39 is 97.5 Å². The largest absolute Gasteiger partial charge is 0.472 e. The van der Waals surface area contributed by atoms with Crippen molar-refractivity contribution in [1.29, 1.82) is 0 Å². The van der Waals surface area contributed by atoms with Crippen molar-refractivity contribution >= 4 is 39.5 Å². The molecule has 0 aliphatic rings. The molecule has 0 aromatic carbocycles. The summed E-state index contributed by atoms with van der Waals surface area (Å²) in [7, 11) is -9.89. The number of carbonyl (C=O) groups excluding carboxylic acids is 4. The zero-order chi connectivity index (χ0) is 61.8. The van der Waals surface area contributed by atoms with Gasteiger partial charge in [0.05, 0.1) is 26.4 Å². The van der Waals surface area contributed by atoms with Gasteiger partial charge in [0.1, 0.15) is 19.3 Å². The molecule has 0 aromatic rings. The van der Waals surface area contributed by atoms with Crippen LogP contribution in [0.3, 0.4) is 0 Å². The molecular formula is C64H124O17P2. The standard InChI is InChI=1S/C64H124O17P2/c1-9-55(6)41-33-25-18-21-28-36-44-61(66)74-50-59(80-63(68)46-38-30-17-15-13-12-14-16-24-32-40-54(4)5)52-78-82(70,71)76-48-58(65)49-77-83(72,73)79-53-60(81-64(69)47-39-31-23-20-27-35-43-57(8)11-3)51-75-62(67)45-37-29-22-19-26-34-42-56(7)10-2/h54-60,65H,9-53H2,1-8H3,(H,70,71)(H,72,73)/t55?,56?,57?,58-,59+,60+/m0/s1. The third-order valence-corrected chi connectivity index (χ3v) is 17.6. The minimum atomic E-state index is -4.95. The molecule has 19 heteroatoms. The van der Waals surface area contributed by atoms with Gasteiger partial charge >= 0.3 is 39.5 Å². The lowest BCUT2D eigenvalue weighted by Crippen LogP contribution is -2.30. The van der Waals surface area contributed by atoms with Gasteiger partial charge in [0, 0.05) is 25.7 Å². The molecule has 0 radical (unpaired) electrons. The zero-order valence-corrected chi connectivity index (χ0v) is 55.6. The quantitative estimate of drug-likeness (QED) is 0.0222. The number of phosphoric acid groups is 2. The molecule has 0 fully saturated rings. The highest BCUT2D eigenvalue weighted by atomic mass is 31.2.